The van der Waals surface area contributed by atoms with Gasteiger partial charge < -0.3 is 10.2 Å². The van der Waals surface area contributed by atoms with E-state index in [0.29, 0.717) is 12.1 Å². The number of likely N-dealkylation sites (N-methyl/N-ethyl adjacent to an activating group) is 3. The van der Waals surface area contributed by atoms with Crippen LogP contribution in [-0.4, -0.2) is 62.2 Å². The molecule has 1 saturated carbocycles. The van der Waals surface area contributed by atoms with E-state index in [0.717, 1.165) is 18.4 Å². The van der Waals surface area contributed by atoms with E-state index in [-0.39, 0.29) is 0 Å². The van der Waals surface area contributed by atoms with Gasteiger partial charge in [0.25, 0.3) is 0 Å². The summed E-state index contributed by atoms with van der Waals surface area (Å²) in [7, 11) is 4.58. The van der Waals surface area contributed by atoms with Crippen molar-refractivity contribution in [2.75, 3.05) is 40.3 Å². The maximum Gasteiger partial charge on any atom is 0.0376 e. The van der Waals surface area contributed by atoms with Crippen LogP contribution >= 0.6 is 0 Å². The topological polar surface area (TPSA) is 18.5 Å². The molecule has 1 aliphatic carbocycles. The van der Waals surface area contributed by atoms with Crippen molar-refractivity contribution in [3.63, 3.8) is 0 Å². The highest BCUT2D eigenvalue weighted by molar-refractivity contribution is 4.94. The Balaban J connectivity index is 2.04. The fourth-order valence-electron chi connectivity index (χ4n) is 4.09. The number of rotatable bonds is 4. The van der Waals surface area contributed by atoms with Gasteiger partial charge in [-0.2, -0.15) is 0 Å². The summed E-state index contributed by atoms with van der Waals surface area (Å²) in [6, 6.07) is 1.37. The van der Waals surface area contributed by atoms with Gasteiger partial charge in [0.2, 0.25) is 0 Å². The van der Waals surface area contributed by atoms with E-state index in [1.807, 2.05) is 0 Å². The summed E-state index contributed by atoms with van der Waals surface area (Å²) in [5.41, 5.74) is 0. The first-order valence-corrected chi connectivity index (χ1v) is 8.24. The molecule has 0 amide bonds. The molecule has 2 aliphatic rings. The van der Waals surface area contributed by atoms with Crippen LogP contribution in [0.25, 0.3) is 0 Å². The molecule has 19 heavy (non-hydrogen) atoms. The Kier molecular flexibility index (Phi) is 5.67. The van der Waals surface area contributed by atoms with Crippen LogP contribution in [0.2, 0.25) is 0 Å². The van der Waals surface area contributed by atoms with Gasteiger partial charge in [-0.3, -0.25) is 4.90 Å². The minimum Gasteiger partial charge on any atom is -0.312 e. The lowest BCUT2D eigenvalue weighted by molar-refractivity contribution is 0.0577. The van der Waals surface area contributed by atoms with E-state index in [1.165, 1.54) is 45.3 Å². The van der Waals surface area contributed by atoms with Gasteiger partial charge in [-0.25, -0.2) is 0 Å². The van der Waals surface area contributed by atoms with Crippen LogP contribution < -0.4 is 5.32 Å². The molecule has 1 heterocycles. The van der Waals surface area contributed by atoms with Crippen molar-refractivity contribution in [3.05, 3.63) is 0 Å². The van der Waals surface area contributed by atoms with Crippen molar-refractivity contribution in [1.29, 1.82) is 0 Å². The molecule has 0 aromatic rings. The highest BCUT2D eigenvalue weighted by Gasteiger charge is 2.35. The van der Waals surface area contributed by atoms with Gasteiger partial charge >= 0.3 is 0 Å². The van der Waals surface area contributed by atoms with E-state index >= 15 is 0 Å². The van der Waals surface area contributed by atoms with Gasteiger partial charge in [-0.15, -0.1) is 0 Å². The third-order valence-corrected chi connectivity index (χ3v) is 5.24. The van der Waals surface area contributed by atoms with Gasteiger partial charge in [0, 0.05) is 31.7 Å². The second-order valence-corrected chi connectivity index (χ2v) is 6.93. The van der Waals surface area contributed by atoms with Crippen LogP contribution in [-0.2, 0) is 0 Å². The first kappa shape index (κ1) is 15.3. The smallest absolute Gasteiger partial charge is 0.0376 e. The fourth-order valence-corrected chi connectivity index (χ4v) is 4.09. The van der Waals surface area contributed by atoms with E-state index in [4.69, 9.17) is 0 Å². The van der Waals surface area contributed by atoms with Crippen LogP contribution in [0.15, 0.2) is 0 Å². The number of piperazine rings is 1. The summed E-state index contributed by atoms with van der Waals surface area (Å²) in [4.78, 5) is 5.09. The van der Waals surface area contributed by atoms with Crippen LogP contribution in [0, 0.1) is 11.8 Å². The SMILES string of the molecule is CCNC(C1CCCC(C)C1)C1CN(C)CCN1C. The van der Waals surface area contributed by atoms with Gasteiger partial charge in [-0.1, -0.05) is 26.7 Å². The zero-order valence-electron chi connectivity index (χ0n) is 13.4. The molecular formula is C16H33N3. The zero-order chi connectivity index (χ0) is 13.8. The predicted octanol–water partition coefficient (Wildman–Crippen LogP) is 2.04. The Morgan fingerprint density at radius 3 is 2.68 bits per heavy atom. The average molecular weight is 267 g/mol. The van der Waals surface area contributed by atoms with E-state index in [9.17, 15) is 0 Å². The van der Waals surface area contributed by atoms with Gasteiger partial charge in [-0.05, 0) is 45.3 Å². The fraction of sp³-hybridized carbons (Fsp3) is 1.00. The normalized spacial score (nSPS) is 36.3. The number of hydrogen-bond donors (Lipinski definition) is 1. The van der Waals surface area contributed by atoms with Crippen molar-refractivity contribution in [2.45, 2.75) is 51.6 Å². The van der Waals surface area contributed by atoms with Crippen molar-refractivity contribution in [1.82, 2.24) is 15.1 Å². The summed E-state index contributed by atoms with van der Waals surface area (Å²) in [6.07, 6.45) is 5.72. The molecule has 0 aromatic carbocycles. The lowest BCUT2D eigenvalue weighted by Crippen LogP contribution is -2.61. The third kappa shape index (κ3) is 3.93. The Labute approximate surface area is 119 Å². The second kappa shape index (κ2) is 7.05. The predicted molar refractivity (Wildman–Crippen MR) is 82.5 cm³/mol. The van der Waals surface area contributed by atoms with E-state index in [2.05, 4.69) is 43.1 Å². The monoisotopic (exact) mass is 267 g/mol. The Hall–Kier alpha value is -0.120. The minimum atomic E-state index is 0.681. The van der Waals surface area contributed by atoms with Gasteiger partial charge in [0.15, 0.2) is 0 Å². The molecule has 0 spiro atoms. The second-order valence-electron chi connectivity index (χ2n) is 6.93. The first-order chi connectivity index (χ1) is 9.11. The molecule has 2 rings (SSSR count). The largest absolute Gasteiger partial charge is 0.312 e. The molecule has 4 unspecified atom stereocenters. The van der Waals surface area contributed by atoms with Crippen molar-refractivity contribution in [2.24, 2.45) is 11.8 Å². The summed E-state index contributed by atoms with van der Waals surface area (Å²) in [5, 5.41) is 3.83. The molecule has 112 valence electrons. The first-order valence-electron chi connectivity index (χ1n) is 8.24. The van der Waals surface area contributed by atoms with Crippen molar-refractivity contribution < 1.29 is 0 Å². The summed E-state index contributed by atoms with van der Waals surface area (Å²) in [5.74, 6) is 1.80. The zero-order valence-corrected chi connectivity index (χ0v) is 13.4. The maximum absolute atomic E-state index is 3.83. The van der Waals surface area contributed by atoms with Gasteiger partial charge in [0.05, 0.1) is 0 Å². The molecule has 4 atom stereocenters. The average Bonchev–Trinajstić information content (AvgIpc) is 2.39. The number of nitrogens with zero attached hydrogens (tertiary/aromatic N) is 2. The molecule has 0 radical (unpaired) electrons. The summed E-state index contributed by atoms with van der Waals surface area (Å²) < 4.78 is 0. The molecule has 1 aliphatic heterocycles. The molecule has 1 N–H and O–H groups in total. The minimum absolute atomic E-state index is 0.681. The van der Waals surface area contributed by atoms with Crippen LogP contribution in [0.1, 0.15) is 39.5 Å². The molecular weight excluding hydrogens is 234 g/mol. The Bertz CT molecular complexity index is 269. The number of hydrogen-bond acceptors (Lipinski definition) is 3. The number of nitrogens with one attached hydrogen (secondary N) is 1. The lowest BCUT2D eigenvalue weighted by atomic mass is 9.76. The van der Waals surface area contributed by atoms with Crippen LogP contribution in [0.4, 0.5) is 0 Å². The standard InChI is InChI=1S/C16H33N3/c1-5-17-16(14-8-6-7-13(2)11-14)15-12-18(3)9-10-19(15)4/h13-17H,5-12H2,1-4H3. The molecule has 0 bridgehead atoms. The van der Waals surface area contributed by atoms with E-state index in [1.54, 1.807) is 0 Å². The quantitative estimate of drug-likeness (QED) is 0.841. The molecule has 2 fully saturated rings. The van der Waals surface area contributed by atoms with Gasteiger partial charge in [0.1, 0.15) is 0 Å². The Morgan fingerprint density at radius 1 is 1.21 bits per heavy atom. The molecule has 0 aromatic heterocycles. The third-order valence-electron chi connectivity index (χ3n) is 5.24. The van der Waals surface area contributed by atoms with E-state index < -0.39 is 0 Å². The Morgan fingerprint density at radius 2 is 2.00 bits per heavy atom. The van der Waals surface area contributed by atoms with Crippen LogP contribution in [0.5, 0.6) is 0 Å². The molecule has 3 nitrogen and oxygen atoms in total. The van der Waals surface area contributed by atoms with Crippen LogP contribution in [0.3, 0.4) is 0 Å². The van der Waals surface area contributed by atoms with Crippen molar-refractivity contribution in [3.8, 4) is 0 Å². The molecule has 3 heteroatoms. The highest BCUT2D eigenvalue weighted by Crippen LogP contribution is 2.33. The van der Waals surface area contributed by atoms with Crippen molar-refractivity contribution >= 4 is 0 Å². The summed E-state index contributed by atoms with van der Waals surface area (Å²) in [6.45, 7) is 9.44. The maximum atomic E-state index is 3.83. The molecule has 1 saturated heterocycles. The highest BCUT2D eigenvalue weighted by atomic mass is 15.3. The lowest BCUT2D eigenvalue weighted by Gasteiger charge is -2.46. The summed E-state index contributed by atoms with van der Waals surface area (Å²) >= 11 is 0.